The van der Waals surface area contributed by atoms with Gasteiger partial charge in [-0.2, -0.15) is 0 Å². The van der Waals surface area contributed by atoms with Crippen LogP contribution in [0, 0.1) is 0 Å². The first-order valence-electron chi connectivity index (χ1n) is 6.98. The Kier molecular flexibility index (Phi) is 11.0. The number of ether oxygens (including phenoxy) is 2. The molecule has 0 aliphatic heterocycles. The van der Waals surface area contributed by atoms with Crippen LogP contribution in [0.15, 0.2) is 18.2 Å². The summed E-state index contributed by atoms with van der Waals surface area (Å²) in [5, 5.41) is 6.50. The van der Waals surface area contributed by atoms with E-state index in [1.165, 1.54) is 0 Å². The number of hydrogen-bond donors (Lipinski definition) is 2. The summed E-state index contributed by atoms with van der Waals surface area (Å²) in [5.74, 6) is 0.348. The fraction of sp³-hybridized carbons (Fsp3) is 0.533. The summed E-state index contributed by atoms with van der Waals surface area (Å²) in [6, 6.07) is 5.05. The van der Waals surface area contributed by atoms with Crippen molar-refractivity contribution < 1.29 is 14.3 Å². The molecule has 0 bridgehead atoms. The van der Waals surface area contributed by atoms with Crippen molar-refractivity contribution >= 4 is 29.9 Å². The van der Waals surface area contributed by atoms with Crippen molar-refractivity contribution in [1.29, 1.82) is 0 Å². The van der Waals surface area contributed by atoms with Gasteiger partial charge in [0.25, 0.3) is 5.91 Å². The van der Waals surface area contributed by atoms with E-state index in [4.69, 9.17) is 21.1 Å². The molecule has 0 aromatic heterocycles. The minimum absolute atomic E-state index is 0. The van der Waals surface area contributed by atoms with Crippen LogP contribution in [0.3, 0.4) is 0 Å². The third-order valence-corrected chi connectivity index (χ3v) is 2.85. The second kappa shape index (κ2) is 11.5. The molecule has 0 aliphatic rings. The van der Waals surface area contributed by atoms with Gasteiger partial charge in [0, 0.05) is 31.8 Å². The van der Waals surface area contributed by atoms with Gasteiger partial charge in [-0.3, -0.25) is 4.79 Å². The van der Waals surface area contributed by atoms with Gasteiger partial charge >= 0.3 is 0 Å². The molecule has 2 N–H and O–H groups in total. The lowest BCUT2D eigenvalue weighted by molar-refractivity contribution is 0.0948. The molecule has 1 amide bonds. The quantitative estimate of drug-likeness (QED) is 0.672. The van der Waals surface area contributed by atoms with Gasteiger partial charge in [-0.1, -0.05) is 11.6 Å². The maximum absolute atomic E-state index is 12.2. The molecule has 7 heteroatoms. The molecule has 1 aromatic rings. The second-order valence-corrected chi connectivity index (χ2v) is 5.24. The van der Waals surface area contributed by atoms with Crippen molar-refractivity contribution in [3.05, 3.63) is 28.8 Å². The zero-order chi connectivity index (χ0) is 15.7. The summed E-state index contributed by atoms with van der Waals surface area (Å²) in [7, 11) is 1.65. The van der Waals surface area contributed by atoms with E-state index in [-0.39, 0.29) is 24.4 Å². The molecule has 1 rings (SSSR count). The lowest BCUT2D eigenvalue weighted by atomic mass is 10.2. The maximum atomic E-state index is 12.2. The van der Waals surface area contributed by atoms with Gasteiger partial charge in [-0.15, -0.1) is 12.4 Å². The highest BCUT2D eigenvalue weighted by Gasteiger charge is 2.14. The van der Waals surface area contributed by atoms with Crippen LogP contribution < -0.4 is 15.4 Å². The smallest absolute Gasteiger partial charge is 0.255 e. The molecular weight excluding hydrogens is 327 g/mol. The fourth-order valence-corrected chi connectivity index (χ4v) is 1.87. The topological polar surface area (TPSA) is 59.6 Å². The van der Waals surface area contributed by atoms with Gasteiger partial charge < -0.3 is 20.1 Å². The minimum Gasteiger partial charge on any atom is -0.490 e. The van der Waals surface area contributed by atoms with Crippen LogP contribution in [0.2, 0.25) is 5.02 Å². The molecule has 126 valence electrons. The molecule has 0 saturated heterocycles. The summed E-state index contributed by atoms with van der Waals surface area (Å²) in [4.78, 5) is 12.2. The molecule has 0 fully saturated rings. The van der Waals surface area contributed by atoms with Gasteiger partial charge in [0.05, 0.1) is 18.3 Å². The van der Waals surface area contributed by atoms with Crippen LogP contribution in [0.5, 0.6) is 5.75 Å². The first kappa shape index (κ1) is 21.0. The monoisotopic (exact) mass is 350 g/mol. The normalized spacial score (nSPS) is 10.2. The molecule has 0 saturated carbocycles. The molecule has 1 aromatic carbocycles. The Morgan fingerprint density at radius 2 is 2.00 bits per heavy atom. The molecule has 0 unspecified atom stereocenters. The third kappa shape index (κ3) is 7.84. The van der Waals surface area contributed by atoms with Crippen molar-refractivity contribution in [2.24, 2.45) is 0 Å². The van der Waals surface area contributed by atoms with Gasteiger partial charge in [0.1, 0.15) is 5.75 Å². The van der Waals surface area contributed by atoms with Gasteiger partial charge in [0.2, 0.25) is 0 Å². The number of nitrogens with one attached hydrogen (secondary N) is 2. The first-order chi connectivity index (χ1) is 10.0. The van der Waals surface area contributed by atoms with E-state index in [2.05, 4.69) is 10.6 Å². The summed E-state index contributed by atoms with van der Waals surface area (Å²) >= 11 is 5.95. The van der Waals surface area contributed by atoms with E-state index in [0.29, 0.717) is 36.0 Å². The van der Waals surface area contributed by atoms with Gasteiger partial charge in [-0.05, 0) is 32.0 Å². The number of hydrogen-bond acceptors (Lipinski definition) is 4. The molecule has 0 atom stereocenters. The van der Waals surface area contributed by atoms with Crippen LogP contribution in [-0.4, -0.2) is 45.4 Å². The van der Waals surface area contributed by atoms with Crippen LogP contribution >= 0.6 is 24.0 Å². The van der Waals surface area contributed by atoms with Gasteiger partial charge in [-0.25, -0.2) is 0 Å². The van der Waals surface area contributed by atoms with Crippen molar-refractivity contribution in [2.45, 2.75) is 20.0 Å². The highest BCUT2D eigenvalue weighted by molar-refractivity contribution is 6.31. The van der Waals surface area contributed by atoms with Crippen LogP contribution in [0.25, 0.3) is 0 Å². The number of halogens is 2. The summed E-state index contributed by atoms with van der Waals surface area (Å²) < 4.78 is 10.6. The number of benzene rings is 1. The average Bonchev–Trinajstić information content (AvgIpc) is 2.44. The predicted molar refractivity (Wildman–Crippen MR) is 91.5 cm³/mol. The Labute approximate surface area is 143 Å². The fourth-order valence-electron chi connectivity index (χ4n) is 1.70. The SMILES string of the molecule is COCCNCCNC(=O)c1cc(Cl)ccc1OC(C)C.Cl. The highest BCUT2D eigenvalue weighted by atomic mass is 35.5. The van der Waals surface area contributed by atoms with Gasteiger partial charge in [0.15, 0.2) is 0 Å². The Balaban J connectivity index is 0.00000441. The lowest BCUT2D eigenvalue weighted by Crippen LogP contribution is -2.33. The van der Waals surface area contributed by atoms with E-state index in [9.17, 15) is 4.79 Å². The molecule has 22 heavy (non-hydrogen) atoms. The number of rotatable bonds is 9. The number of amides is 1. The largest absolute Gasteiger partial charge is 0.490 e. The maximum Gasteiger partial charge on any atom is 0.255 e. The number of carbonyl (C=O) groups is 1. The number of methoxy groups -OCH3 is 1. The molecule has 5 nitrogen and oxygen atoms in total. The Morgan fingerprint density at radius 1 is 1.27 bits per heavy atom. The van der Waals surface area contributed by atoms with E-state index in [1.807, 2.05) is 13.8 Å². The number of carbonyl (C=O) groups excluding carboxylic acids is 1. The summed E-state index contributed by atoms with van der Waals surface area (Å²) in [6.45, 7) is 6.43. The Hall–Kier alpha value is -1.01. The van der Waals surface area contributed by atoms with Crippen LogP contribution in [0.1, 0.15) is 24.2 Å². The van der Waals surface area contributed by atoms with Crippen LogP contribution in [-0.2, 0) is 4.74 Å². The molecule has 0 aliphatic carbocycles. The van der Waals surface area contributed by atoms with E-state index >= 15 is 0 Å². The van der Waals surface area contributed by atoms with Crippen molar-refractivity contribution in [2.75, 3.05) is 33.4 Å². The lowest BCUT2D eigenvalue weighted by Gasteiger charge is -2.14. The summed E-state index contributed by atoms with van der Waals surface area (Å²) in [6.07, 6.45) is -0.00608. The predicted octanol–water partition coefficient (Wildman–Crippen LogP) is 2.51. The molecule has 0 heterocycles. The average molecular weight is 351 g/mol. The zero-order valence-electron chi connectivity index (χ0n) is 13.1. The molecule has 0 radical (unpaired) electrons. The Morgan fingerprint density at radius 3 is 2.64 bits per heavy atom. The first-order valence-corrected chi connectivity index (χ1v) is 7.36. The zero-order valence-corrected chi connectivity index (χ0v) is 14.7. The van der Waals surface area contributed by atoms with Crippen molar-refractivity contribution in [1.82, 2.24) is 10.6 Å². The van der Waals surface area contributed by atoms with Crippen molar-refractivity contribution in [3.63, 3.8) is 0 Å². The molecular formula is C15H24Cl2N2O3. The van der Waals surface area contributed by atoms with E-state index < -0.39 is 0 Å². The standard InChI is InChI=1S/C15H23ClN2O3.ClH/c1-11(2)21-14-5-4-12(16)10-13(14)15(19)18-7-6-17-8-9-20-3;/h4-5,10-11,17H,6-9H2,1-3H3,(H,18,19);1H. The van der Waals surface area contributed by atoms with Crippen molar-refractivity contribution in [3.8, 4) is 5.75 Å². The molecule has 0 spiro atoms. The third-order valence-electron chi connectivity index (χ3n) is 2.62. The Bertz CT molecular complexity index is 456. The highest BCUT2D eigenvalue weighted by Crippen LogP contribution is 2.23. The van der Waals surface area contributed by atoms with E-state index in [0.717, 1.165) is 6.54 Å². The second-order valence-electron chi connectivity index (χ2n) is 4.81. The summed E-state index contributed by atoms with van der Waals surface area (Å²) in [5.41, 5.74) is 0.452. The van der Waals surface area contributed by atoms with E-state index in [1.54, 1.807) is 25.3 Å². The minimum atomic E-state index is -0.193. The van der Waals surface area contributed by atoms with Crippen LogP contribution in [0.4, 0.5) is 0 Å².